The van der Waals surface area contributed by atoms with Crippen LogP contribution in [0.2, 0.25) is 0 Å². The van der Waals surface area contributed by atoms with Gasteiger partial charge in [0.05, 0.1) is 10.9 Å². The van der Waals surface area contributed by atoms with Crippen molar-refractivity contribution in [1.29, 1.82) is 0 Å². The summed E-state index contributed by atoms with van der Waals surface area (Å²) in [6, 6.07) is 9.47. The maximum absolute atomic E-state index is 12.9. The lowest BCUT2D eigenvalue weighted by Gasteiger charge is -2.36. The summed E-state index contributed by atoms with van der Waals surface area (Å²) >= 11 is 0. The number of aryl methyl sites for hydroxylation is 1. The first kappa shape index (κ1) is 20.5. The van der Waals surface area contributed by atoms with E-state index in [1.807, 2.05) is 6.07 Å². The molecule has 1 aromatic carbocycles. The lowest BCUT2D eigenvalue weighted by atomic mass is 10.1. The number of carbonyl (C=O) groups is 1. The van der Waals surface area contributed by atoms with Crippen molar-refractivity contribution in [2.24, 2.45) is 7.05 Å². The Balaban J connectivity index is 1.32. The zero-order chi connectivity index (χ0) is 22.1. The Bertz CT molecular complexity index is 1190. The number of piperazine rings is 1. The van der Waals surface area contributed by atoms with Crippen LogP contribution in [0.1, 0.15) is 36.0 Å². The summed E-state index contributed by atoms with van der Waals surface area (Å²) < 4.78 is 7.63. The number of carbonyl (C=O) groups excluding carboxylic acids is 1. The summed E-state index contributed by atoms with van der Waals surface area (Å²) in [5.74, 6) is 0.447. The number of amides is 1. The number of ether oxygens (including phenoxy) is 1. The van der Waals surface area contributed by atoms with Crippen LogP contribution in [0.15, 0.2) is 47.7 Å². The third-order valence-corrected chi connectivity index (χ3v) is 6.45. The van der Waals surface area contributed by atoms with Gasteiger partial charge in [-0.25, -0.2) is 9.97 Å². The molecule has 1 saturated heterocycles. The van der Waals surface area contributed by atoms with Crippen molar-refractivity contribution in [1.82, 2.24) is 19.4 Å². The quantitative estimate of drug-likeness (QED) is 0.629. The Labute approximate surface area is 186 Å². The predicted octanol–water partition coefficient (Wildman–Crippen LogP) is 2.61. The molecule has 8 heteroatoms. The van der Waals surface area contributed by atoms with Crippen molar-refractivity contribution >= 4 is 22.5 Å². The van der Waals surface area contributed by atoms with Crippen molar-refractivity contribution in [3.63, 3.8) is 0 Å². The van der Waals surface area contributed by atoms with E-state index < -0.39 is 0 Å². The molecule has 1 aliphatic carbocycles. The fourth-order valence-corrected chi connectivity index (χ4v) is 4.57. The summed E-state index contributed by atoms with van der Waals surface area (Å²) in [7, 11) is 1.66. The van der Waals surface area contributed by atoms with Crippen LogP contribution in [0.3, 0.4) is 0 Å². The molecule has 0 radical (unpaired) electrons. The van der Waals surface area contributed by atoms with Crippen LogP contribution in [0.5, 0.6) is 5.88 Å². The van der Waals surface area contributed by atoms with E-state index in [1.165, 1.54) is 17.4 Å². The van der Waals surface area contributed by atoms with Gasteiger partial charge < -0.3 is 19.1 Å². The molecule has 1 amide bonds. The molecule has 1 saturated carbocycles. The summed E-state index contributed by atoms with van der Waals surface area (Å²) in [5.41, 5.74) is 1.89. The van der Waals surface area contributed by atoms with Crippen LogP contribution >= 0.6 is 0 Å². The molecule has 8 nitrogen and oxygen atoms in total. The van der Waals surface area contributed by atoms with E-state index in [4.69, 9.17) is 4.74 Å². The average Bonchev–Trinajstić information content (AvgIpc) is 3.34. The number of hydrogen-bond acceptors (Lipinski definition) is 6. The maximum atomic E-state index is 12.9. The van der Waals surface area contributed by atoms with Gasteiger partial charge >= 0.3 is 0 Å². The molecular formula is C24H27N5O3. The van der Waals surface area contributed by atoms with Crippen molar-refractivity contribution in [2.45, 2.75) is 31.8 Å². The molecule has 1 aliphatic heterocycles. The van der Waals surface area contributed by atoms with Crippen LogP contribution in [-0.2, 0) is 7.05 Å². The van der Waals surface area contributed by atoms with E-state index in [0.717, 1.165) is 29.4 Å². The number of benzene rings is 1. The topological polar surface area (TPSA) is 80.6 Å². The molecule has 0 spiro atoms. The molecule has 2 aliphatic rings. The Morgan fingerprint density at radius 3 is 2.62 bits per heavy atom. The summed E-state index contributed by atoms with van der Waals surface area (Å²) in [6.07, 6.45) is 8.01. The molecule has 2 fully saturated rings. The Morgan fingerprint density at radius 1 is 1.06 bits per heavy atom. The minimum Gasteiger partial charge on any atom is -0.474 e. The predicted molar refractivity (Wildman–Crippen MR) is 122 cm³/mol. The second-order valence-electron chi connectivity index (χ2n) is 8.52. The second-order valence-corrected chi connectivity index (χ2v) is 8.52. The molecule has 3 aromatic rings. The zero-order valence-corrected chi connectivity index (χ0v) is 18.2. The zero-order valence-electron chi connectivity index (χ0n) is 18.2. The molecular weight excluding hydrogens is 406 g/mol. The minimum atomic E-state index is -0.260. The van der Waals surface area contributed by atoms with Crippen molar-refractivity contribution in [3.8, 4) is 5.88 Å². The molecule has 0 unspecified atom stereocenters. The third-order valence-electron chi connectivity index (χ3n) is 6.45. The van der Waals surface area contributed by atoms with Crippen molar-refractivity contribution < 1.29 is 9.53 Å². The lowest BCUT2D eigenvalue weighted by molar-refractivity contribution is 0.0744. The Kier molecular flexibility index (Phi) is 5.51. The summed E-state index contributed by atoms with van der Waals surface area (Å²) in [4.78, 5) is 38.0. The molecule has 2 aromatic heterocycles. The van der Waals surface area contributed by atoms with E-state index in [-0.39, 0.29) is 23.1 Å². The first-order valence-corrected chi connectivity index (χ1v) is 11.2. The summed E-state index contributed by atoms with van der Waals surface area (Å²) in [5, 5.41) is 0.920. The largest absolute Gasteiger partial charge is 0.474 e. The average molecular weight is 434 g/mol. The second kappa shape index (κ2) is 8.61. The number of fused-ring (bicyclic) bond motifs is 1. The van der Waals surface area contributed by atoms with Gasteiger partial charge in [-0.2, -0.15) is 0 Å². The maximum Gasteiger partial charge on any atom is 0.263 e. The molecule has 3 heterocycles. The van der Waals surface area contributed by atoms with E-state index in [1.54, 1.807) is 36.6 Å². The number of hydrogen-bond donors (Lipinski definition) is 0. The van der Waals surface area contributed by atoms with Gasteiger partial charge in [0.15, 0.2) is 0 Å². The number of rotatable bonds is 4. The normalized spacial score (nSPS) is 17.2. The third kappa shape index (κ3) is 3.92. The Hall–Kier alpha value is -3.42. The number of nitrogens with zero attached hydrogens (tertiary/aromatic N) is 5. The van der Waals surface area contributed by atoms with Gasteiger partial charge in [-0.05, 0) is 56.0 Å². The first-order chi connectivity index (χ1) is 15.6. The van der Waals surface area contributed by atoms with Crippen LogP contribution in [0, 0.1) is 0 Å². The molecule has 0 atom stereocenters. The SMILES string of the molecule is Cn1cccc(C(=O)N2CCN(c3ccc4ncnc(OC5CCCC5)c4c3)CC2)c1=O. The van der Waals surface area contributed by atoms with Gasteiger partial charge in [0, 0.05) is 45.1 Å². The molecule has 0 bridgehead atoms. The molecule has 166 valence electrons. The Morgan fingerprint density at radius 2 is 1.84 bits per heavy atom. The van der Waals surface area contributed by atoms with Gasteiger partial charge in [-0.1, -0.05) is 0 Å². The highest BCUT2D eigenvalue weighted by Gasteiger charge is 2.25. The van der Waals surface area contributed by atoms with Crippen LogP contribution in [0.25, 0.3) is 10.9 Å². The van der Waals surface area contributed by atoms with E-state index in [9.17, 15) is 9.59 Å². The van der Waals surface area contributed by atoms with Crippen molar-refractivity contribution in [2.75, 3.05) is 31.1 Å². The van der Waals surface area contributed by atoms with Gasteiger partial charge in [0.1, 0.15) is 18.0 Å². The highest BCUT2D eigenvalue weighted by atomic mass is 16.5. The standard InChI is InChI=1S/C24H27N5O3/c1-27-10-4-7-19(23(27)30)24(31)29-13-11-28(12-14-29)17-8-9-21-20(15-17)22(26-16-25-21)32-18-5-2-3-6-18/h4,7-10,15-16,18H,2-3,5-6,11-14H2,1H3. The monoisotopic (exact) mass is 433 g/mol. The molecule has 0 N–H and O–H groups in total. The summed E-state index contributed by atoms with van der Waals surface area (Å²) in [6.45, 7) is 2.51. The number of pyridine rings is 1. The highest BCUT2D eigenvalue weighted by Crippen LogP contribution is 2.30. The lowest BCUT2D eigenvalue weighted by Crippen LogP contribution is -2.49. The first-order valence-electron chi connectivity index (χ1n) is 11.2. The van der Waals surface area contributed by atoms with E-state index in [0.29, 0.717) is 32.1 Å². The minimum absolute atomic E-state index is 0.204. The van der Waals surface area contributed by atoms with Crippen LogP contribution < -0.4 is 15.2 Å². The van der Waals surface area contributed by atoms with E-state index >= 15 is 0 Å². The smallest absolute Gasteiger partial charge is 0.263 e. The fourth-order valence-electron chi connectivity index (χ4n) is 4.57. The van der Waals surface area contributed by atoms with Gasteiger partial charge in [0.25, 0.3) is 11.5 Å². The molecule has 5 rings (SSSR count). The van der Waals surface area contributed by atoms with Crippen LogP contribution in [0.4, 0.5) is 5.69 Å². The van der Waals surface area contributed by atoms with E-state index in [2.05, 4.69) is 27.0 Å². The molecule has 32 heavy (non-hydrogen) atoms. The number of anilines is 1. The van der Waals surface area contributed by atoms with Gasteiger partial charge in [-0.3, -0.25) is 9.59 Å². The van der Waals surface area contributed by atoms with Gasteiger partial charge in [-0.15, -0.1) is 0 Å². The fraction of sp³-hybridized carbons (Fsp3) is 0.417. The van der Waals surface area contributed by atoms with Crippen LogP contribution in [-0.4, -0.2) is 57.6 Å². The van der Waals surface area contributed by atoms with Gasteiger partial charge in [0.2, 0.25) is 5.88 Å². The highest BCUT2D eigenvalue weighted by molar-refractivity contribution is 5.94. The number of aromatic nitrogens is 3. The van der Waals surface area contributed by atoms with Crippen molar-refractivity contribution in [3.05, 3.63) is 58.8 Å².